The number of sulfonamides is 1. The van der Waals surface area contributed by atoms with Crippen molar-refractivity contribution in [1.82, 2.24) is 4.90 Å². The summed E-state index contributed by atoms with van der Waals surface area (Å²) in [6, 6.07) is 5.12. The van der Waals surface area contributed by atoms with Crippen LogP contribution in [0.1, 0.15) is 50.2 Å². The van der Waals surface area contributed by atoms with E-state index in [2.05, 4.69) is 0 Å². The molecule has 6 heteroatoms. The number of amides is 1. The molecule has 0 spiro atoms. The van der Waals surface area contributed by atoms with Crippen LogP contribution in [0.15, 0.2) is 18.2 Å². The van der Waals surface area contributed by atoms with Crippen LogP contribution in [0, 0.1) is 13.8 Å². The van der Waals surface area contributed by atoms with Gasteiger partial charge in [-0.1, -0.05) is 31.4 Å². The molecule has 0 bridgehead atoms. The Morgan fingerprint density at radius 3 is 2.32 bits per heavy atom. The molecular formula is C19H30N2O3S. The number of hydrogen-bond donors (Lipinski definition) is 0. The molecule has 0 saturated heterocycles. The molecule has 1 atom stereocenters. The minimum Gasteiger partial charge on any atom is -0.341 e. The minimum absolute atomic E-state index is 0.141. The number of nitrogens with zero attached hydrogens (tertiary/aromatic N) is 2. The van der Waals surface area contributed by atoms with Gasteiger partial charge in [-0.3, -0.25) is 9.10 Å². The highest BCUT2D eigenvalue weighted by atomic mass is 32.2. The van der Waals surface area contributed by atoms with E-state index in [4.69, 9.17) is 0 Å². The van der Waals surface area contributed by atoms with Gasteiger partial charge in [0.05, 0.1) is 11.9 Å². The van der Waals surface area contributed by atoms with Crippen molar-refractivity contribution in [3.63, 3.8) is 0 Å². The third kappa shape index (κ3) is 4.54. The number of benzene rings is 1. The summed E-state index contributed by atoms with van der Waals surface area (Å²) < 4.78 is 26.3. The number of carbonyl (C=O) groups excluding carboxylic acids is 1. The average molecular weight is 367 g/mol. The highest BCUT2D eigenvalue weighted by Gasteiger charge is 2.34. The summed E-state index contributed by atoms with van der Waals surface area (Å²) in [4.78, 5) is 14.8. The second-order valence-electron chi connectivity index (χ2n) is 7.27. The van der Waals surface area contributed by atoms with E-state index >= 15 is 0 Å². The Kier molecular flexibility index (Phi) is 6.14. The predicted octanol–water partition coefficient (Wildman–Crippen LogP) is 3.25. The van der Waals surface area contributed by atoms with Crippen molar-refractivity contribution in [2.75, 3.05) is 17.6 Å². The number of aryl methyl sites for hydroxylation is 2. The fraction of sp³-hybridized carbons (Fsp3) is 0.632. The molecule has 0 N–H and O–H groups in total. The molecular weight excluding hydrogens is 336 g/mol. The van der Waals surface area contributed by atoms with Gasteiger partial charge in [0, 0.05) is 13.1 Å². The van der Waals surface area contributed by atoms with E-state index in [1.54, 1.807) is 18.9 Å². The average Bonchev–Trinajstić information content (AvgIpc) is 2.56. The predicted molar refractivity (Wildman–Crippen MR) is 102 cm³/mol. The summed E-state index contributed by atoms with van der Waals surface area (Å²) >= 11 is 0. The van der Waals surface area contributed by atoms with Crippen molar-refractivity contribution >= 4 is 21.6 Å². The van der Waals surface area contributed by atoms with Crippen LogP contribution >= 0.6 is 0 Å². The first kappa shape index (κ1) is 19.8. The smallest absolute Gasteiger partial charge is 0.246 e. The number of likely N-dealkylation sites (N-methyl/N-ethyl adjacent to an activating group) is 1. The summed E-state index contributed by atoms with van der Waals surface area (Å²) in [5.74, 6) is -0.141. The van der Waals surface area contributed by atoms with Crippen molar-refractivity contribution in [3.05, 3.63) is 29.3 Å². The first-order valence-electron chi connectivity index (χ1n) is 8.96. The molecule has 0 radical (unpaired) electrons. The van der Waals surface area contributed by atoms with Gasteiger partial charge in [0.25, 0.3) is 0 Å². The molecule has 2 rings (SSSR count). The molecule has 5 nitrogen and oxygen atoms in total. The molecule has 0 heterocycles. The monoisotopic (exact) mass is 366 g/mol. The molecule has 1 saturated carbocycles. The Hall–Kier alpha value is -1.56. The summed E-state index contributed by atoms with van der Waals surface area (Å²) in [5, 5.41) is 0. The van der Waals surface area contributed by atoms with Gasteiger partial charge in [-0.2, -0.15) is 0 Å². The highest BCUT2D eigenvalue weighted by Crippen LogP contribution is 2.28. The zero-order chi connectivity index (χ0) is 18.8. The normalized spacial score (nSPS) is 17.2. The van der Waals surface area contributed by atoms with Crippen LogP contribution in [0.4, 0.5) is 5.69 Å². The Labute approximate surface area is 152 Å². The standard InChI is InChI=1S/C19H30N2O3S/c1-14-11-12-15(2)18(13-14)21(25(5,23)24)16(3)19(22)20(4)17-9-7-6-8-10-17/h11-13,16-17H,6-10H2,1-5H3/t16-/m1/s1. The quantitative estimate of drug-likeness (QED) is 0.804. The Morgan fingerprint density at radius 1 is 1.16 bits per heavy atom. The molecule has 1 aromatic carbocycles. The molecule has 25 heavy (non-hydrogen) atoms. The second-order valence-corrected chi connectivity index (χ2v) is 9.13. The molecule has 0 unspecified atom stereocenters. The van der Waals surface area contributed by atoms with E-state index in [0.29, 0.717) is 5.69 Å². The van der Waals surface area contributed by atoms with E-state index in [1.165, 1.54) is 17.0 Å². The maximum absolute atomic E-state index is 13.0. The molecule has 1 fully saturated rings. The van der Waals surface area contributed by atoms with Gasteiger partial charge < -0.3 is 4.90 Å². The Bertz CT molecular complexity index is 724. The number of carbonyl (C=O) groups is 1. The first-order valence-corrected chi connectivity index (χ1v) is 10.8. The maximum atomic E-state index is 13.0. The lowest BCUT2D eigenvalue weighted by molar-refractivity contribution is -0.133. The molecule has 1 amide bonds. The lowest BCUT2D eigenvalue weighted by atomic mass is 9.94. The van der Waals surface area contributed by atoms with E-state index in [0.717, 1.165) is 36.8 Å². The number of rotatable bonds is 5. The first-order chi connectivity index (χ1) is 11.6. The van der Waals surface area contributed by atoms with Crippen molar-refractivity contribution in [1.29, 1.82) is 0 Å². The third-order valence-corrected chi connectivity index (χ3v) is 6.37. The maximum Gasteiger partial charge on any atom is 0.246 e. The minimum atomic E-state index is -3.58. The molecule has 0 aromatic heterocycles. The van der Waals surface area contributed by atoms with Gasteiger partial charge in [-0.25, -0.2) is 8.42 Å². The Balaban J connectivity index is 2.34. The van der Waals surface area contributed by atoms with Crippen LogP contribution in [0.25, 0.3) is 0 Å². The van der Waals surface area contributed by atoms with E-state index in [9.17, 15) is 13.2 Å². The Morgan fingerprint density at radius 2 is 1.76 bits per heavy atom. The lowest BCUT2D eigenvalue weighted by Crippen LogP contribution is -2.51. The van der Waals surface area contributed by atoms with Crippen molar-refractivity contribution < 1.29 is 13.2 Å². The zero-order valence-electron chi connectivity index (χ0n) is 15.9. The van der Waals surface area contributed by atoms with Crippen molar-refractivity contribution in [2.45, 2.75) is 65.0 Å². The second kappa shape index (κ2) is 7.77. The van der Waals surface area contributed by atoms with Crippen LogP contribution in [0.2, 0.25) is 0 Å². The summed E-state index contributed by atoms with van der Waals surface area (Å²) in [5.41, 5.74) is 2.39. The fourth-order valence-corrected chi connectivity index (χ4v) is 4.89. The van der Waals surface area contributed by atoms with Gasteiger partial charge in [-0.05, 0) is 50.8 Å². The van der Waals surface area contributed by atoms with Gasteiger partial charge >= 0.3 is 0 Å². The number of anilines is 1. The van der Waals surface area contributed by atoms with Crippen LogP contribution in [-0.2, 0) is 14.8 Å². The van der Waals surface area contributed by atoms with Crippen LogP contribution in [-0.4, -0.2) is 44.6 Å². The van der Waals surface area contributed by atoms with Crippen LogP contribution in [0.3, 0.4) is 0 Å². The summed E-state index contributed by atoms with van der Waals surface area (Å²) in [6.45, 7) is 5.48. The third-order valence-electron chi connectivity index (χ3n) is 5.14. The summed E-state index contributed by atoms with van der Waals surface area (Å²) in [7, 11) is -1.78. The lowest BCUT2D eigenvalue weighted by Gasteiger charge is -2.36. The molecule has 140 valence electrons. The van der Waals surface area contributed by atoms with Gasteiger partial charge in [0.2, 0.25) is 15.9 Å². The zero-order valence-corrected chi connectivity index (χ0v) is 16.8. The van der Waals surface area contributed by atoms with E-state index in [-0.39, 0.29) is 11.9 Å². The largest absolute Gasteiger partial charge is 0.341 e. The highest BCUT2D eigenvalue weighted by molar-refractivity contribution is 7.92. The van der Waals surface area contributed by atoms with Gasteiger partial charge in [0.15, 0.2) is 0 Å². The molecule has 1 aliphatic carbocycles. The van der Waals surface area contributed by atoms with Crippen LogP contribution < -0.4 is 4.31 Å². The van der Waals surface area contributed by atoms with Gasteiger partial charge in [-0.15, -0.1) is 0 Å². The van der Waals surface area contributed by atoms with Crippen molar-refractivity contribution in [2.24, 2.45) is 0 Å². The molecule has 1 aromatic rings. The fourth-order valence-electron chi connectivity index (χ4n) is 3.67. The molecule has 0 aliphatic heterocycles. The summed E-state index contributed by atoms with van der Waals surface area (Å²) in [6.07, 6.45) is 6.63. The molecule has 1 aliphatic rings. The van der Waals surface area contributed by atoms with Crippen molar-refractivity contribution in [3.8, 4) is 0 Å². The van der Waals surface area contributed by atoms with E-state index < -0.39 is 16.1 Å². The van der Waals surface area contributed by atoms with Crippen LogP contribution in [0.5, 0.6) is 0 Å². The SMILES string of the molecule is Cc1ccc(C)c(N([C@H](C)C(=O)N(C)C2CCCCC2)S(C)(=O)=O)c1. The van der Waals surface area contributed by atoms with E-state index in [1.807, 2.05) is 32.0 Å². The van der Waals surface area contributed by atoms with Gasteiger partial charge in [0.1, 0.15) is 6.04 Å². The number of hydrogen-bond acceptors (Lipinski definition) is 3. The topological polar surface area (TPSA) is 57.7 Å².